The van der Waals surface area contributed by atoms with E-state index in [0.29, 0.717) is 11.7 Å². The summed E-state index contributed by atoms with van der Waals surface area (Å²) in [6, 6.07) is 15.3. The zero-order valence-electron chi connectivity index (χ0n) is 16.7. The zero-order chi connectivity index (χ0) is 20.6. The first kappa shape index (κ1) is 20.6. The molecular weight excluding hydrogens is 384 g/mol. The number of rotatable bonds is 8. The standard InChI is InChI=1S/C23H24N2O3S/c1-4-27-19-10-5-17(6-11-19)7-14-22(26)25-23-24-21(15-29-23)18-8-12-20(13-9-18)28-16(2)3/h5-16H,4H2,1-3H3,(H,24,25,26)/b14-7+. The molecule has 3 rings (SSSR count). The molecule has 1 heterocycles. The second kappa shape index (κ2) is 9.89. The highest BCUT2D eigenvalue weighted by molar-refractivity contribution is 7.14. The van der Waals surface area contributed by atoms with Gasteiger partial charge in [-0.05, 0) is 68.8 Å². The summed E-state index contributed by atoms with van der Waals surface area (Å²) in [4.78, 5) is 16.7. The van der Waals surface area contributed by atoms with E-state index in [4.69, 9.17) is 9.47 Å². The Morgan fingerprint density at radius 1 is 1.10 bits per heavy atom. The van der Waals surface area contributed by atoms with Crippen molar-refractivity contribution < 1.29 is 14.3 Å². The lowest BCUT2D eigenvalue weighted by molar-refractivity contribution is -0.111. The van der Waals surface area contributed by atoms with Gasteiger partial charge in [-0.2, -0.15) is 0 Å². The van der Waals surface area contributed by atoms with Crippen molar-refractivity contribution in [3.63, 3.8) is 0 Å². The van der Waals surface area contributed by atoms with Gasteiger partial charge in [-0.1, -0.05) is 12.1 Å². The van der Waals surface area contributed by atoms with E-state index in [0.717, 1.165) is 28.3 Å². The Labute approximate surface area is 175 Å². The van der Waals surface area contributed by atoms with Gasteiger partial charge < -0.3 is 9.47 Å². The van der Waals surface area contributed by atoms with E-state index in [9.17, 15) is 4.79 Å². The van der Waals surface area contributed by atoms with Crippen LogP contribution in [0.2, 0.25) is 0 Å². The molecule has 150 valence electrons. The third-order valence-electron chi connectivity index (χ3n) is 3.87. The highest BCUT2D eigenvalue weighted by Gasteiger charge is 2.07. The molecule has 29 heavy (non-hydrogen) atoms. The maximum atomic E-state index is 12.2. The summed E-state index contributed by atoms with van der Waals surface area (Å²) in [7, 11) is 0. The zero-order valence-corrected chi connectivity index (χ0v) is 17.5. The fourth-order valence-electron chi connectivity index (χ4n) is 2.60. The second-order valence-corrected chi connectivity index (χ2v) is 7.41. The predicted octanol–water partition coefficient (Wildman–Crippen LogP) is 5.65. The van der Waals surface area contributed by atoms with Crippen LogP contribution in [-0.2, 0) is 4.79 Å². The minimum Gasteiger partial charge on any atom is -0.494 e. The lowest BCUT2D eigenvalue weighted by atomic mass is 10.2. The van der Waals surface area contributed by atoms with Crippen molar-refractivity contribution in [3.8, 4) is 22.8 Å². The van der Waals surface area contributed by atoms with Gasteiger partial charge in [0, 0.05) is 17.0 Å². The quantitative estimate of drug-likeness (QED) is 0.490. The number of carbonyl (C=O) groups is 1. The highest BCUT2D eigenvalue weighted by atomic mass is 32.1. The van der Waals surface area contributed by atoms with Crippen LogP contribution in [0.4, 0.5) is 5.13 Å². The molecule has 0 unspecified atom stereocenters. The second-order valence-electron chi connectivity index (χ2n) is 6.55. The molecule has 0 fully saturated rings. The molecule has 0 aliphatic rings. The number of ether oxygens (including phenoxy) is 2. The molecule has 1 aromatic heterocycles. The Morgan fingerprint density at radius 2 is 1.79 bits per heavy atom. The predicted molar refractivity (Wildman–Crippen MR) is 119 cm³/mol. The van der Waals surface area contributed by atoms with Crippen molar-refractivity contribution >= 4 is 28.5 Å². The molecule has 1 amide bonds. The van der Waals surface area contributed by atoms with Crippen molar-refractivity contribution in [1.29, 1.82) is 0 Å². The van der Waals surface area contributed by atoms with E-state index in [-0.39, 0.29) is 12.0 Å². The fraction of sp³-hybridized carbons (Fsp3) is 0.217. The Balaban J connectivity index is 1.58. The smallest absolute Gasteiger partial charge is 0.250 e. The molecular formula is C23H24N2O3S. The molecule has 6 heteroatoms. The molecule has 5 nitrogen and oxygen atoms in total. The molecule has 0 bridgehead atoms. The lowest BCUT2D eigenvalue weighted by Gasteiger charge is -2.09. The molecule has 0 aliphatic carbocycles. The third kappa shape index (κ3) is 6.19. The number of hydrogen-bond donors (Lipinski definition) is 1. The summed E-state index contributed by atoms with van der Waals surface area (Å²) in [5, 5.41) is 5.28. The van der Waals surface area contributed by atoms with Crippen LogP contribution in [0.3, 0.4) is 0 Å². The largest absolute Gasteiger partial charge is 0.494 e. The Morgan fingerprint density at radius 3 is 2.45 bits per heavy atom. The van der Waals surface area contributed by atoms with E-state index in [2.05, 4.69) is 10.3 Å². The van der Waals surface area contributed by atoms with Gasteiger partial charge >= 0.3 is 0 Å². The monoisotopic (exact) mass is 408 g/mol. The highest BCUT2D eigenvalue weighted by Crippen LogP contribution is 2.26. The first-order chi connectivity index (χ1) is 14.0. The van der Waals surface area contributed by atoms with Crippen molar-refractivity contribution in [2.75, 3.05) is 11.9 Å². The topological polar surface area (TPSA) is 60.5 Å². The number of hydrogen-bond acceptors (Lipinski definition) is 5. The number of nitrogens with one attached hydrogen (secondary N) is 1. The van der Waals surface area contributed by atoms with Crippen LogP contribution < -0.4 is 14.8 Å². The summed E-state index contributed by atoms with van der Waals surface area (Å²) in [6.45, 7) is 6.56. The van der Waals surface area contributed by atoms with Gasteiger partial charge in [0.05, 0.1) is 18.4 Å². The SMILES string of the molecule is CCOc1ccc(/C=C/C(=O)Nc2nc(-c3ccc(OC(C)C)cc3)cs2)cc1. The number of nitrogens with zero attached hydrogens (tertiary/aromatic N) is 1. The Hall–Kier alpha value is -3.12. The van der Waals surface area contributed by atoms with E-state index in [1.807, 2.05) is 74.7 Å². The number of anilines is 1. The molecule has 0 spiro atoms. The average Bonchev–Trinajstić information content (AvgIpc) is 3.16. The molecule has 2 aromatic carbocycles. The summed E-state index contributed by atoms with van der Waals surface area (Å²) < 4.78 is 11.1. The van der Waals surface area contributed by atoms with E-state index >= 15 is 0 Å². The normalized spacial score (nSPS) is 11.0. The van der Waals surface area contributed by atoms with Gasteiger partial charge in [0.2, 0.25) is 5.91 Å². The third-order valence-corrected chi connectivity index (χ3v) is 4.63. The van der Waals surface area contributed by atoms with Crippen molar-refractivity contribution in [1.82, 2.24) is 4.98 Å². The van der Waals surface area contributed by atoms with Gasteiger partial charge in [0.15, 0.2) is 5.13 Å². The van der Waals surface area contributed by atoms with Crippen LogP contribution >= 0.6 is 11.3 Å². The minimum atomic E-state index is -0.222. The number of benzene rings is 2. The van der Waals surface area contributed by atoms with Crippen LogP contribution in [-0.4, -0.2) is 23.6 Å². The minimum absolute atomic E-state index is 0.137. The Kier molecular flexibility index (Phi) is 7.03. The molecule has 1 N–H and O–H groups in total. The number of amides is 1. The van der Waals surface area contributed by atoms with Crippen LogP contribution in [0.15, 0.2) is 60.0 Å². The first-order valence-electron chi connectivity index (χ1n) is 9.48. The maximum Gasteiger partial charge on any atom is 0.250 e. The molecule has 3 aromatic rings. The fourth-order valence-corrected chi connectivity index (χ4v) is 3.32. The number of carbonyl (C=O) groups excluding carboxylic acids is 1. The van der Waals surface area contributed by atoms with Gasteiger partial charge in [-0.25, -0.2) is 4.98 Å². The van der Waals surface area contributed by atoms with Crippen LogP contribution in [0.1, 0.15) is 26.3 Å². The van der Waals surface area contributed by atoms with Gasteiger partial charge in [-0.15, -0.1) is 11.3 Å². The van der Waals surface area contributed by atoms with Gasteiger partial charge in [0.25, 0.3) is 0 Å². The van der Waals surface area contributed by atoms with E-state index in [1.165, 1.54) is 17.4 Å². The van der Waals surface area contributed by atoms with Crippen molar-refractivity contribution in [2.45, 2.75) is 26.9 Å². The average molecular weight is 409 g/mol. The van der Waals surface area contributed by atoms with Crippen LogP contribution in [0, 0.1) is 0 Å². The van der Waals surface area contributed by atoms with Gasteiger partial charge in [0.1, 0.15) is 11.5 Å². The number of aromatic nitrogens is 1. The number of thiazole rings is 1. The summed E-state index contributed by atoms with van der Waals surface area (Å²) >= 11 is 1.39. The van der Waals surface area contributed by atoms with Crippen LogP contribution in [0.25, 0.3) is 17.3 Å². The van der Waals surface area contributed by atoms with Crippen molar-refractivity contribution in [2.24, 2.45) is 0 Å². The summed E-state index contributed by atoms with van der Waals surface area (Å²) in [5.74, 6) is 1.42. The molecule has 0 radical (unpaired) electrons. The van der Waals surface area contributed by atoms with E-state index < -0.39 is 0 Å². The van der Waals surface area contributed by atoms with Crippen LogP contribution in [0.5, 0.6) is 11.5 Å². The molecule has 0 saturated heterocycles. The maximum absolute atomic E-state index is 12.2. The molecule has 0 aliphatic heterocycles. The lowest BCUT2D eigenvalue weighted by Crippen LogP contribution is -2.07. The first-order valence-corrected chi connectivity index (χ1v) is 10.4. The molecule has 0 atom stereocenters. The summed E-state index contributed by atoms with van der Waals surface area (Å²) in [6.07, 6.45) is 3.39. The Bertz CT molecular complexity index is 961. The van der Waals surface area contributed by atoms with Crippen molar-refractivity contribution in [3.05, 3.63) is 65.6 Å². The molecule has 0 saturated carbocycles. The van der Waals surface area contributed by atoms with Gasteiger partial charge in [-0.3, -0.25) is 10.1 Å². The van der Waals surface area contributed by atoms with E-state index in [1.54, 1.807) is 6.08 Å². The summed E-state index contributed by atoms with van der Waals surface area (Å²) in [5.41, 5.74) is 2.71.